The Morgan fingerprint density at radius 3 is 2.27 bits per heavy atom. The molecule has 26 heavy (non-hydrogen) atoms. The maximum Gasteiger partial charge on any atom is 0.348 e. The van der Waals surface area contributed by atoms with Crippen molar-refractivity contribution in [3.8, 4) is 5.69 Å². The molecule has 0 aliphatic carbocycles. The summed E-state index contributed by atoms with van der Waals surface area (Å²) in [5.74, 6) is -0.531. The van der Waals surface area contributed by atoms with Crippen molar-refractivity contribution in [2.24, 2.45) is 0 Å². The Labute approximate surface area is 144 Å². The molecular weight excluding hydrogens is 346 g/mol. The molecule has 12 heteroatoms. The van der Waals surface area contributed by atoms with Crippen LogP contribution in [0.2, 0.25) is 0 Å². The molecule has 1 heterocycles. The van der Waals surface area contributed by atoms with Crippen LogP contribution in [-0.4, -0.2) is 36.0 Å². The lowest BCUT2D eigenvalue weighted by molar-refractivity contribution is -0.422. The average Bonchev–Trinajstić information content (AvgIpc) is 3.16. The predicted molar refractivity (Wildman–Crippen MR) is 86.9 cm³/mol. The SMILES string of the molecule is O=C(Nc1ccc([N+](=O)[O-])c([N+](=O)[O-])c1)c1ccc(-n2cnnn2)cc1. The molecule has 0 spiro atoms. The van der Waals surface area contributed by atoms with Crippen LogP contribution in [0.3, 0.4) is 0 Å². The Bertz CT molecular complexity index is 985. The van der Waals surface area contributed by atoms with Gasteiger partial charge in [0.05, 0.1) is 15.5 Å². The van der Waals surface area contributed by atoms with E-state index in [0.29, 0.717) is 5.69 Å². The number of nitro benzene ring substituents is 2. The van der Waals surface area contributed by atoms with Crippen LogP contribution in [-0.2, 0) is 0 Å². The van der Waals surface area contributed by atoms with Gasteiger partial charge in [-0.25, -0.2) is 4.68 Å². The van der Waals surface area contributed by atoms with Gasteiger partial charge in [-0.1, -0.05) is 0 Å². The van der Waals surface area contributed by atoms with Crippen molar-refractivity contribution in [1.82, 2.24) is 20.2 Å². The van der Waals surface area contributed by atoms with Crippen LogP contribution in [0.25, 0.3) is 5.69 Å². The molecule has 0 atom stereocenters. The fourth-order valence-corrected chi connectivity index (χ4v) is 2.15. The standard InChI is InChI=1S/C14H9N7O5/c22-14(9-1-4-11(5-2-9)19-8-15-17-18-19)16-10-3-6-12(20(23)24)13(7-10)21(25)26/h1-8H,(H,16,22). The number of hydrogen-bond acceptors (Lipinski definition) is 8. The van der Waals surface area contributed by atoms with Crippen molar-refractivity contribution < 1.29 is 14.6 Å². The molecule has 1 N–H and O–H groups in total. The van der Waals surface area contributed by atoms with Crippen molar-refractivity contribution in [1.29, 1.82) is 0 Å². The van der Waals surface area contributed by atoms with Crippen LogP contribution in [0.4, 0.5) is 17.1 Å². The molecule has 0 saturated heterocycles. The van der Waals surface area contributed by atoms with Gasteiger partial charge in [0.1, 0.15) is 6.33 Å². The minimum Gasteiger partial charge on any atom is -0.322 e. The van der Waals surface area contributed by atoms with E-state index in [1.54, 1.807) is 12.1 Å². The largest absolute Gasteiger partial charge is 0.348 e. The average molecular weight is 355 g/mol. The Balaban J connectivity index is 1.80. The van der Waals surface area contributed by atoms with Crippen molar-refractivity contribution in [2.75, 3.05) is 5.32 Å². The summed E-state index contributed by atoms with van der Waals surface area (Å²) in [5.41, 5.74) is -0.377. The first kappa shape index (κ1) is 16.6. The van der Waals surface area contributed by atoms with E-state index in [4.69, 9.17) is 0 Å². The number of hydrogen-bond donors (Lipinski definition) is 1. The van der Waals surface area contributed by atoms with Gasteiger partial charge in [0.25, 0.3) is 5.91 Å². The van der Waals surface area contributed by atoms with Gasteiger partial charge in [-0.2, -0.15) is 0 Å². The first-order chi connectivity index (χ1) is 12.5. The molecule has 3 aromatic rings. The Morgan fingerprint density at radius 2 is 1.69 bits per heavy atom. The number of benzene rings is 2. The quantitative estimate of drug-likeness (QED) is 0.535. The molecule has 1 amide bonds. The zero-order valence-electron chi connectivity index (χ0n) is 12.8. The highest BCUT2D eigenvalue weighted by molar-refractivity contribution is 6.04. The summed E-state index contributed by atoms with van der Waals surface area (Å²) in [6, 6.07) is 9.39. The number of anilines is 1. The van der Waals surface area contributed by atoms with Crippen molar-refractivity contribution in [3.63, 3.8) is 0 Å². The van der Waals surface area contributed by atoms with Gasteiger partial charge in [0.15, 0.2) is 0 Å². The van der Waals surface area contributed by atoms with Crippen molar-refractivity contribution in [3.05, 3.63) is 74.6 Å². The minimum atomic E-state index is -0.880. The number of carbonyl (C=O) groups excluding carboxylic acids is 1. The van der Waals surface area contributed by atoms with E-state index in [2.05, 4.69) is 20.8 Å². The summed E-state index contributed by atoms with van der Waals surface area (Å²) < 4.78 is 1.40. The molecule has 12 nitrogen and oxygen atoms in total. The normalized spacial score (nSPS) is 10.3. The summed E-state index contributed by atoms with van der Waals surface area (Å²) >= 11 is 0. The van der Waals surface area contributed by atoms with Gasteiger partial charge < -0.3 is 5.32 Å². The van der Waals surface area contributed by atoms with E-state index in [9.17, 15) is 25.0 Å². The molecule has 0 bridgehead atoms. The highest BCUT2D eigenvalue weighted by atomic mass is 16.6. The third-order valence-corrected chi connectivity index (χ3v) is 3.37. The second kappa shape index (κ2) is 6.72. The van der Waals surface area contributed by atoms with Gasteiger partial charge in [0, 0.05) is 23.4 Å². The van der Waals surface area contributed by atoms with Crippen molar-refractivity contribution >= 4 is 23.0 Å². The molecule has 2 aromatic carbocycles. The molecule has 0 unspecified atom stereocenters. The lowest BCUT2D eigenvalue weighted by Crippen LogP contribution is -2.12. The van der Waals surface area contributed by atoms with Crippen LogP contribution in [0.1, 0.15) is 10.4 Å². The zero-order valence-corrected chi connectivity index (χ0v) is 12.8. The van der Waals surface area contributed by atoms with Gasteiger partial charge in [-0.15, -0.1) is 5.10 Å². The Hall–Kier alpha value is -4.22. The van der Waals surface area contributed by atoms with E-state index in [-0.39, 0.29) is 11.3 Å². The summed E-state index contributed by atoms with van der Waals surface area (Å²) in [4.78, 5) is 32.3. The number of aromatic nitrogens is 4. The summed E-state index contributed by atoms with van der Waals surface area (Å²) in [7, 11) is 0. The van der Waals surface area contributed by atoms with E-state index in [0.717, 1.165) is 12.1 Å². The number of nitro groups is 2. The lowest BCUT2D eigenvalue weighted by Gasteiger charge is -2.06. The number of amides is 1. The molecule has 0 fully saturated rings. The van der Waals surface area contributed by atoms with Crippen LogP contribution in [0, 0.1) is 20.2 Å². The Kier molecular flexibility index (Phi) is 4.30. The molecule has 1 aromatic heterocycles. The molecule has 0 aliphatic rings. The van der Waals surface area contributed by atoms with Gasteiger partial charge in [-0.05, 0) is 40.8 Å². The number of rotatable bonds is 5. The number of nitrogens with one attached hydrogen (secondary N) is 1. The third kappa shape index (κ3) is 3.33. The number of nitrogens with zero attached hydrogens (tertiary/aromatic N) is 6. The topological polar surface area (TPSA) is 159 Å². The Morgan fingerprint density at radius 1 is 1.00 bits per heavy atom. The third-order valence-electron chi connectivity index (χ3n) is 3.37. The van der Waals surface area contributed by atoms with Crippen LogP contribution in [0.5, 0.6) is 0 Å². The highest BCUT2D eigenvalue weighted by Crippen LogP contribution is 2.29. The first-order valence-corrected chi connectivity index (χ1v) is 7.03. The second-order valence-electron chi connectivity index (χ2n) is 4.97. The maximum absolute atomic E-state index is 12.2. The van der Waals surface area contributed by atoms with Gasteiger partial charge in [0.2, 0.25) is 0 Å². The minimum absolute atomic E-state index is 0.0665. The van der Waals surface area contributed by atoms with Crippen molar-refractivity contribution in [2.45, 2.75) is 0 Å². The predicted octanol–water partition coefficient (Wildman–Crippen LogP) is 1.73. The van der Waals surface area contributed by atoms with E-state index < -0.39 is 27.1 Å². The lowest BCUT2D eigenvalue weighted by atomic mass is 10.2. The van der Waals surface area contributed by atoms with E-state index in [1.807, 2.05) is 0 Å². The molecule has 130 valence electrons. The van der Waals surface area contributed by atoms with E-state index >= 15 is 0 Å². The zero-order chi connectivity index (χ0) is 18.7. The van der Waals surface area contributed by atoms with Gasteiger partial charge >= 0.3 is 11.4 Å². The summed E-state index contributed by atoms with van der Waals surface area (Å²) in [5, 5.41) is 34.9. The molecular formula is C14H9N7O5. The summed E-state index contributed by atoms with van der Waals surface area (Å²) in [6.07, 6.45) is 1.39. The second-order valence-corrected chi connectivity index (χ2v) is 4.97. The van der Waals surface area contributed by atoms with E-state index in [1.165, 1.54) is 29.2 Å². The fraction of sp³-hybridized carbons (Fsp3) is 0. The van der Waals surface area contributed by atoms with Crippen LogP contribution < -0.4 is 5.32 Å². The molecule has 0 radical (unpaired) electrons. The smallest absolute Gasteiger partial charge is 0.322 e. The fourth-order valence-electron chi connectivity index (χ4n) is 2.15. The van der Waals surface area contributed by atoms with Crippen LogP contribution in [0.15, 0.2) is 48.8 Å². The summed E-state index contributed by atoms with van der Waals surface area (Å²) in [6.45, 7) is 0. The molecule has 0 aliphatic heterocycles. The maximum atomic E-state index is 12.2. The first-order valence-electron chi connectivity index (χ1n) is 7.03. The van der Waals surface area contributed by atoms with Crippen LogP contribution >= 0.6 is 0 Å². The highest BCUT2D eigenvalue weighted by Gasteiger charge is 2.24. The molecule has 0 saturated carbocycles. The number of carbonyl (C=O) groups is 1. The number of tetrazole rings is 1. The van der Waals surface area contributed by atoms with Gasteiger partial charge in [-0.3, -0.25) is 25.0 Å². The molecule has 3 rings (SSSR count). The monoisotopic (exact) mass is 355 g/mol.